The van der Waals surface area contributed by atoms with E-state index in [4.69, 9.17) is 0 Å². The summed E-state index contributed by atoms with van der Waals surface area (Å²) in [7, 11) is 0. The molecule has 2 amide bonds. The smallest absolute Gasteiger partial charge is 0.267 e. The average molecular weight is 427 g/mol. The largest absolute Gasteiger partial charge is 0.271 e. The van der Waals surface area contributed by atoms with Crippen LogP contribution in [0.4, 0.5) is 0 Å². The van der Waals surface area contributed by atoms with Crippen molar-refractivity contribution in [2.24, 2.45) is 10.2 Å². The van der Waals surface area contributed by atoms with Gasteiger partial charge in [0.25, 0.3) is 11.8 Å². The second-order valence-corrected chi connectivity index (χ2v) is 7.48. The number of carbonyl (C=O) groups is 2. The zero-order valence-corrected chi connectivity index (χ0v) is 18.2. The van der Waals surface area contributed by atoms with Gasteiger partial charge in [-0.2, -0.15) is 10.2 Å². The molecule has 162 valence electrons. The maximum Gasteiger partial charge on any atom is 0.271 e. The minimum atomic E-state index is -0.332. The number of carbonyl (C=O) groups excluding carboxylic acids is 2. The quantitative estimate of drug-likeness (QED) is 0.414. The molecule has 3 aromatic rings. The highest BCUT2D eigenvalue weighted by atomic mass is 16.2. The van der Waals surface area contributed by atoms with Crippen LogP contribution in [0.2, 0.25) is 0 Å². The van der Waals surface area contributed by atoms with Crippen molar-refractivity contribution in [1.82, 2.24) is 10.9 Å². The van der Waals surface area contributed by atoms with E-state index in [9.17, 15) is 9.59 Å². The van der Waals surface area contributed by atoms with Crippen molar-refractivity contribution in [3.05, 3.63) is 107 Å². The topological polar surface area (TPSA) is 82.9 Å². The highest BCUT2D eigenvalue weighted by molar-refractivity contribution is 5.98. The van der Waals surface area contributed by atoms with E-state index in [0.717, 1.165) is 22.6 Å². The number of hydrogen-bond acceptors (Lipinski definition) is 4. The molecule has 2 N–H and O–H groups in total. The maximum atomic E-state index is 12.3. The standard InChI is InChI=1S/C26H26N4O2/c1-19(17-21-9-5-3-6-10-21)27-29-25(31)23-13-15-24(16-14-23)26(32)30-28-20(2)18-22-11-7-4-8-12-22/h3-16H,17-18H2,1-2H3,(H,29,31)(H,30,32)/b27-19+,28-20+. The van der Waals surface area contributed by atoms with Crippen LogP contribution in [0.5, 0.6) is 0 Å². The van der Waals surface area contributed by atoms with Crippen LogP contribution in [0.3, 0.4) is 0 Å². The van der Waals surface area contributed by atoms with Crippen LogP contribution < -0.4 is 10.9 Å². The molecule has 0 atom stereocenters. The predicted molar refractivity (Wildman–Crippen MR) is 128 cm³/mol. The average Bonchev–Trinajstić information content (AvgIpc) is 2.82. The number of nitrogens with one attached hydrogen (secondary N) is 2. The lowest BCUT2D eigenvalue weighted by molar-refractivity contribution is 0.0943. The summed E-state index contributed by atoms with van der Waals surface area (Å²) in [5.41, 5.74) is 9.79. The maximum absolute atomic E-state index is 12.3. The van der Waals surface area contributed by atoms with Crippen LogP contribution >= 0.6 is 0 Å². The molecule has 0 spiro atoms. The monoisotopic (exact) mass is 426 g/mol. The van der Waals surface area contributed by atoms with Gasteiger partial charge in [0.05, 0.1) is 0 Å². The second kappa shape index (κ2) is 11.4. The first kappa shape index (κ1) is 22.6. The highest BCUT2D eigenvalue weighted by Gasteiger charge is 2.09. The van der Waals surface area contributed by atoms with Gasteiger partial charge < -0.3 is 0 Å². The second-order valence-electron chi connectivity index (χ2n) is 7.48. The van der Waals surface area contributed by atoms with Crippen LogP contribution in [0.25, 0.3) is 0 Å². The molecule has 0 fully saturated rings. The fourth-order valence-corrected chi connectivity index (χ4v) is 3.06. The van der Waals surface area contributed by atoms with E-state index in [1.54, 1.807) is 24.3 Å². The molecule has 0 aromatic heterocycles. The van der Waals surface area contributed by atoms with Gasteiger partial charge in [-0.25, -0.2) is 10.9 Å². The van der Waals surface area contributed by atoms with Crippen molar-refractivity contribution < 1.29 is 9.59 Å². The molecule has 6 nitrogen and oxygen atoms in total. The number of amides is 2. The van der Waals surface area contributed by atoms with E-state index >= 15 is 0 Å². The Morgan fingerprint density at radius 3 is 1.28 bits per heavy atom. The summed E-state index contributed by atoms with van der Waals surface area (Å²) in [6, 6.07) is 26.2. The molecule has 0 bridgehead atoms. The van der Waals surface area contributed by atoms with Crippen molar-refractivity contribution in [3.63, 3.8) is 0 Å². The number of hydrazone groups is 2. The summed E-state index contributed by atoms with van der Waals surface area (Å²) in [6.45, 7) is 3.72. The van der Waals surface area contributed by atoms with Crippen LogP contribution in [-0.2, 0) is 12.8 Å². The summed E-state index contributed by atoms with van der Waals surface area (Å²) in [5.74, 6) is -0.665. The summed E-state index contributed by atoms with van der Waals surface area (Å²) in [6.07, 6.45) is 1.31. The lowest BCUT2D eigenvalue weighted by Crippen LogP contribution is -2.21. The van der Waals surface area contributed by atoms with Crippen molar-refractivity contribution in [1.29, 1.82) is 0 Å². The summed E-state index contributed by atoms with van der Waals surface area (Å²) in [5, 5.41) is 8.31. The Labute approximate surface area is 188 Å². The van der Waals surface area contributed by atoms with Gasteiger partial charge >= 0.3 is 0 Å². The lowest BCUT2D eigenvalue weighted by Gasteiger charge is -2.05. The third-order valence-electron chi connectivity index (χ3n) is 4.71. The Morgan fingerprint density at radius 2 is 0.938 bits per heavy atom. The third kappa shape index (κ3) is 7.02. The molecule has 0 aliphatic carbocycles. The first-order valence-electron chi connectivity index (χ1n) is 10.4. The van der Waals surface area contributed by atoms with E-state index in [2.05, 4.69) is 21.1 Å². The fraction of sp³-hybridized carbons (Fsp3) is 0.154. The third-order valence-corrected chi connectivity index (χ3v) is 4.71. The van der Waals surface area contributed by atoms with Gasteiger partial charge in [-0.1, -0.05) is 60.7 Å². The van der Waals surface area contributed by atoms with Gasteiger partial charge in [0.2, 0.25) is 0 Å². The molecule has 0 unspecified atom stereocenters. The van der Waals surface area contributed by atoms with Gasteiger partial charge in [-0.05, 0) is 49.2 Å². The molecule has 0 saturated carbocycles. The molecule has 0 aliphatic heterocycles. The Hall–Kier alpha value is -4.06. The molecular weight excluding hydrogens is 400 g/mol. The van der Waals surface area contributed by atoms with Gasteiger partial charge in [0, 0.05) is 35.4 Å². The van der Waals surface area contributed by atoms with Crippen molar-refractivity contribution in [2.75, 3.05) is 0 Å². The van der Waals surface area contributed by atoms with E-state index in [1.807, 2.05) is 74.5 Å². The van der Waals surface area contributed by atoms with Crippen LogP contribution in [0.15, 0.2) is 95.1 Å². The highest BCUT2D eigenvalue weighted by Crippen LogP contribution is 2.06. The van der Waals surface area contributed by atoms with Crippen LogP contribution in [0, 0.1) is 0 Å². The van der Waals surface area contributed by atoms with E-state index < -0.39 is 0 Å². The summed E-state index contributed by atoms with van der Waals surface area (Å²) < 4.78 is 0. The van der Waals surface area contributed by atoms with E-state index in [0.29, 0.717) is 24.0 Å². The Bertz CT molecular complexity index is 1020. The molecule has 3 aromatic carbocycles. The first-order chi connectivity index (χ1) is 15.5. The molecule has 0 heterocycles. The van der Waals surface area contributed by atoms with Gasteiger partial charge in [0.1, 0.15) is 0 Å². The molecule has 0 saturated heterocycles. The van der Waals surface area contributed by atoms with Crippen molar-refractivity contribution in [2.45, 2.75) is 26.7 Å². The van der Waals surface area contributed by atoms with E-state index in [1.165, 1.54) is 0 Å². The van der Waals surface area contributed by atoms with Gasteiger partial charge in [-0.3, -0.25) is 9.59 Å². The minimum absolute atomic E-state index is 0.332. The minimum Gasteiger partial charge on any atom is -0.267 e. The zero-order valence-electron chi connectivity index (χ0n) is 18.2. The van der Waals surface area contributed by atoms with E-state index in [-0.39, 0.29) is 11.8 Å². The molecule has 0 aliphatic rings. The molecular formula is C26H26N4O2. The van der Waals surface area contributed by atoms with Gasteiger partial charge in [-0.15, -0.1) is 0 Å². The number of nitrogens with zero attached hydrogens (tertiary/aromatic N) is 2. The SMILES string of the molecule is C/C(Cc1ccccc1)=N\NC(=O)c1ccc(C(=O)N/N=C(\C)Cc2ccccc2)cc1. The number of rotatable bonds is 8. The van der Waals surface area contributed by atoms with Crippen LogP contribution in [0.1, 0.15) is 45.7 Å². The molecule has 6 heteroatoms. The van der Waals surface area contributed by atoms with Crippen molar-refractivity contribution in [3.8, 4) is 0 Å². The van der Waals surface area contributed by atoms with Crippen molar-refractivity contribution >= 4 is 23.2 Å². The predicted octanol–water partition coefficient (Wildman–Crippen LogP) is 4.38. The van der Waals surface area contributed by atoms with Crippen LogP contribution in [-0.4, -0.2) is 23.2 Å². The summed E-state index contributed by atoms with van der Waals surface area (Å²) >= 11 is 0. The fourth-order valence-electron chi connectivity index (χ4n) is 3.06. The molecule has 3 rings (SSSR count). The first-order valence-corrected chi connectivity index (χ1v) is 10.4. The molecule has 32 heavy (non-hydrogen) atoms. The summed E-state index contributed by atoms with van der Waals surface area (Å²) in [4.78, 5) is 24.7. The zero-order chi connectivity index (χ0) is 22.8. The number of hydrogen-bond donors (Lipinski definition) is 2. The Kier molecular flexibility index (Phi) is 8.03. The lowest BCUT2D eigenvalue weighted by atomic mass is 10.1. The number of benzene rings is 3. The Balaban J connectivity index is 1.52. The van der Waals surface area contributed by atoms with Gasteiger partial charge in [0.15, 0.2) is 0 Å². The normalized spacial score (nSPS) is 11.7. The Morgan fingerprint density at radius 1 is 0.594 bits per heavy atom. The molecule has 0 radical (unpaired) electrons.